The second kappa shape index (κ2) is 9.97. The highest BCUT2D eigenvalue weighted by Crippen LogP contribution is 2.23. The number of hydrogen-bond donors (Lipinski definition) is 1. The average molecular weight is 376 g/mol. The summed E-state index contributed by atoms with van der Waals surface area (Å²) < 4.78 is 5.29. The van der Waals surface area contributed by atoms with Gasteiger partial charge in [0.25, 0.3) is 0 Å². The Labute approximate surface area is 156 Å². The molecule has 24 heavy (non-hydrogen) atoms. The molecule has 1 aromatic rings. The van der Waals surface area contributed by atoms with Gasteiger partial charge in [-0.05, 0) is 31.5 Å². The van der Waals surface area contributed by atoms with Crippen molar-refractivity contribution in [3.63, 3.8) is 0 Å². The molecule has 0 bridgehead atoms. The Morgan fingerprint density at radius 1 is 1.21 bits per heavy atom. The van der Waals surface area contributed by atoms with Crippen molar-refractivity contribution in [3.8, 4) is 5.75 Å². The lowest BCUT2D eigenvalue weighted by Crippen LogP contribution is -2.52. The fourth-order valence-electron chi connectivity index (χ4n) is 3.31. The molecule has 0 saturated carbocycles. The first-order valence-corrected chi connectivity index (χ1v) is 8.16. The molecular formula is C17H27Cl2N3O2. The van der Waals surface area contributed by atoms with Gasteiger partial charge in [-0.25, -0.2) is 0 Å². The summed E-state index contributed by atoms with van der Waals surface area (Å²) >= 11 is 0. The van der Waals surface area contributed by atoms with Gasteiger partial charge in [0.15, 0.2) is 0 Å². The number of nitrogens with one attached hydrogen (secondary N) is 1. The van der Waals surface area contributed by atoms with Gasteiger partial charge in [0, 0.05) is 44.5 Å². The van der Waals surface area contributed by atoms with Crippen LogP contribution in [0.4, 0.5) is 5.69 Å². The van der Waals surface area contributed by atoms with Gasteiger partial charge in [-0.3, -0.25) is 4.79 Å². The maximum absolute atomic E-state index is 12.5. The number of nitrogens with zero attached hydrogens (tertiary/aromatic N) is 2. The minimum Gasteiger partial charge on any atom is -0.497 e. The van der Waals surface area contributed by atoms with Crippen LogP contribution in [-0.4, -0.2) is 57.2 Å². The standard InChI is InChI=1S/C17H25N3O2.2ClH/c1-22-16-6-2-5-15(12-16)19-8-10-20(11-9-19)17(21)14-4-3-7-18-13-14;;/h2,5-6,12,14,18H,3-4,7-11,13H2,1H3;2*1H. The molecule has 1 aromatic carbocycles. The van der Waals surface area contributed by atoms with E-state index in [1.165, 1.54) is 5.69 Å². The summed E-state index contributed by atoms with van der Waals surface area (Å²) in [6, 6.07) is 8.13. The van der Waals surface area contributed by atoms with Crippen LogP contribution in [-0.2, 0) is 4.79 Å². The van der Waals surface area contributed by atoms with Crippen molar-refractivity contribution in [1.82, 2.24) is 10.2 Å². The van der Waals surface area contributed by atoms with E-state index in [2.05, 4.69) is 22.3 Å². The molecule has 2 fully saturated rings. The quantitative estimate of drug-likeness (QED) is 0.879. The minimum atomic E-state index is 0. The van der Waals surface area contributed by atoms with Crippen molar-refractivity contribution in [1.29, 1.82) is 0 Å². The monoisotopic (exact) mass is 375 g/mol. The fourth-order valence-corrected chi connectivity index (χ4v) is 3.31. The Balaban J connectivity index is 0.00000144. The third-order valence-electron chi connectivity index (χ3n) is 4.66. The van der Waals surface area contributed by atoms with Crippen LogP contribution in [0.2, 0.25) is 0 Å². The zero-order valence-electron chi connectivity index (χ0n) is 14.1. The number of halogens is 2. The normalized spacial score (nSPS) is 20.6. The Hall–Kier alpha value is -1.17. The molecule has 0 aromatic heterocycles. The van der Waals surface area contributed by atoms with Crippen LogP contribution in [0.25, 0.3) is 0 Å². The molecule has 0 radical (unpaired) electrons. The van der Waals surface area contributed by atoms with Gasteiger partial charge < -0.3 is 19.9 Å². The van der Waals surface area contributed by atoms with Crippen molar-refractivity contribution in [3.05, 3.63) is 24.3 Å². The largest absolute Gasteiger partial charge is 0.497 e. The highest BCUT2D eigenvalue weighted by Gasteiger charge is 2.28. The zero-order valence-corrected chi connectivity index (χ0v) is 15.7. The fraction of sp³-hybridized carbons (Fsp3) is 0.588. The second-order valence-corrected chi connectivity index (χ2v) is 6.06. The predicted octanol–water partition coefficient (Wildman–Crippen LogP) is 2.19. The number of carbonyl (C=O) groups excluding carboxylic acids is 1. The van der Waals surface area contributed by atoms with Crippen LogP contribution < -0.4 is 15.0 Å². The van der Waals surface area contributed by atoms with E-state index in [9.17, 15) is 4.79 Å². The number of piperazine rings is 1. The van der Waals surface area contributed by atoms with Gasteiger partial charge in [0.05, 0.1) is 13.0 Å². The molecule has 0 aliphatic carbocycles. The van der Waals surface area contributed by atoms with Crippen LogP contribution in [0.5, 0.6) is 5.75 Å². The zero-order chi connectivity index (χ0) is 15.4. The lowest BCUT2D eigenvalue weighted by Gasteiger charge is -2.38. The number of piperidine rings is 1. The first kappa shape index (κ1) is 20.9. The highest BCUT2D eigenvalue weighted by atomic mass is 35.5. The van der Waals surface area contributed by atoms with Crippen molar-refractivity contribution in [2.45, 2.75) is 12.8 Å². The average Bonchev–Trinajstić information content (AvgIpc) is 2.62. The molecular weight excluding hydrogens is 349 g/mol. The first-order valence-electron chi connectivity index (χ1n) is 8.16. The number of methoxy groups -OCH3 is 1. The summed E-state index contributed by atoms with van der Waals surface area (Å²) in [5.74, 6) is 1.39. The van der Waals surface area contributed by atoms with Gasteiger partial charge in [0.2, 0.25) is 5.91 Å². The van der Waals surface area contributed by atoms with E-state index in [0.29, 0.717) is 5.91 Å². The first-order chi connectivity index (χ1) is 10.8. The summed E-state index contributed by atoms with van der Waals surface area (Å²) in [4.78, 5) is 16.9. The molecule has 2 aliphatic rings. The van der Waals surface area contributed by atoms with E-state index in [0.717, 1.165) is 57.9 Å². The number of anilines is 1. The molecule has 1 amide bonds. The summed E-state index contributed by atoms with van der Waals surface area (Å²) in [5, 5.41) is 3.33. The van der Waals surface area contributed by atoms with Crippen LogP contribution in [0, 0.1) is 5.92 Å². The number of rotatable bonds is 3. The van der Waals surface area contributed by atoms with E-state index < -0.39 is 0 Å². The summed E-state index contributed by atoms with van der Waals surface area (Å²) in [5.41, 5.74) is 1.17. The molecule has 1 N–H and O–H groups in total. The number of ether oxygens (including phenoxy) is 1. The van der Waals surface area contributed by atoms with Crippen LogP contribution >= 0.6 is 24.8 Å². The topological polar surface area (TPSA) is 44.8 Å². The van der Waals surface area contributed by atoms with E-state index in [4.69, 9.17) is 4.74 Å². The number of hydrogen-bond acceptors (Lipinski definition) is 4. The molecule has 2 aliphatic heterocycles. The Morgan fingerprint density at radius 2 is 1.96 bits per heavy atom. The molecule has 0 spiro atoms. The van der Waals surface area contributed by atoms with Crippen molar-refractivity contribution < 1.29 is 9.53 Å². The molecule has 2 heterocycles. The Morgan fingerprint density at radius 3 is 2.58 bits per heavy atom. The van der Waals surface area contributed by atoms with Gasteiger partial charge in [-0.1, -0.05) is 6.07 Å². The minimum absolute atomic E-state index is 0. The Kier molecular flexibility index (Phi) is 8.67. The van der Waals surface area contributed by atoms with Gasteiger partial charge >= 0.3 is 0 Å². The molecule has 3 rings (SSSR count). The SMILES string of the molecule is COc1cccc(N2CCN(C(=O)C3CCCNC3)CC2)c1.Cl.Cl. The lowest BCUT2D eigenvalue weighted by atomic mass is 9.98. The molecule has 5 nitrogen and oxygen atoms in total. The smallest absolute Gasteiger partial charge is 0.227 e. The van der Waals surface area contributed by atoms with E-state index in [1.54, 1.807) is 7.11 Å². The summed E-state index contributed by atoms with van der Waals surface area (Å²) in [6.07, 6.45) is 2.14. The molecule has 1 atom stereocenters. The molecule has 7 heteroatoms. The van der Waals surface area contributed by atoms with Crippen LogP contribution in [0.1, 0.15) is 12.8 Å². The maximum Gasteiger partial charge on any atom is 0.227 e. The van der Waals surface area contributed by atoms with Crippen molar-refractivity contribution in [2.75, 3.05) is 51.3 Å². The molecule has 136 valence electrons. The lowest BCUT2D eigenvalue weighted by molar-refractivity contribution is -0.136. The third-order valence-corrected chi connectivity index (χ3v) is 4.66. The number of benzene rings is 1. The van der Waals surface area contributed by atoms with Crippen molar-refractivity contribution >= 4 is 36.4 Å². The van der Waals surface area contributed by atoms with Gasteiger partial charge in [0.1, 0.15) is 5.75 Å². The molecule has 2 saturated heterocycles. The number of amides is 1. The van der Waals surface area contributed by atoms with E-state index in [1.807, 2.05) is 17.0 Å². The van der Waals surface area contributed by atoms with Crippen molar-refractivity contribution in [2.24, 2.45) is 5.92 Å². The summed E-state index contributed by atoms with van der Waals surface area (Å²) in [7, 11) is 1.69. The van der Waals surface area contributed by atoms with Gasteiger partial charge in [-0.15, -0.1) is 24.8 Å². The maximum atomic E-state index is 12.5. The van der Waals surface area contributed by atoms with E-state index in [-0.39, 0.29) is 30.7 Å². The van der Waals surface area contributed by atoms with E-state index >= 15 is 0 Å². The molecule has 1 unspecified atom stereocenters. The summed E-state index contributed by atoms with van der Waals surface area (Å²) in [6.45, 7) is 5.29. The van der Waals surface area contributed by atoms with Crippen LogP contribution in [0.15, 0.2) is 24.3 Å². The third kappa shape index (κ3) is 4.91. The second-order valence-electron chi connectivity index (χ2n) is 6.06. The van der Waals surface area contributed by atoms with Gasteiger partial charge in [-0.2, -0.15) is 0 Å². The number of carbonyl (C=O) groups is 1. The highest BCUT2D eigenvalue weighted by molar-refractivity contribution is 5.85. The van der Waals surface area contributed by atoms with Crippen LogP contribution in [0.3, 0.4) is 0 Å². The predicted molar refractivity (Wildman–Crippen MR) is 102 cm³/mol. The Bertz CT molecular complexity index is 516.